The molecule has 0 spiro atoms. The Kier molecular flexibility index (Phi) is 6.11. The molecule has 0 radical (unpaired) electrons. The van der Waals surface area contributed by atoms with E-state index < -0.39 is 11.8 Å². The first-order valence-electron chi connectivity index (χ1n) is 8.20. The number of fused-ring (bicyclic) bond motifs is 1. The number of carbonyl (C=O) groups is 2. The second-order valence-corrected chi connectivity index (χ2v) is 5.62. The van der Waals surface area contributed by atoms with E-state index in [1.54, 1.807) is 19.9 Å². The number of phenolic OH excluding ortho intramolecular Hbond substituents is 1. The lowest BCUT2D eigenvalue weighted by molar-refractivity contribution is -0.145. The fourth-order valence-corrected chi connectivity index (χ4v) is 2.56. The Balaban J connectivity index is 2.18. The van der Waals surface area contributed by atoms with E-state index >= 15 is 0 Å². The second kappa shape index (κ2) is 8.28. The monoisotopic (exact) mass is 342 g/mol. The summed E-state index contributed by atoms with van der Waals surface area (Å²) in [5.41, 5.74) is 2.98. The second-order valence-electron chi connectivity index (χ2n) is 5.62. The number of esters is 1. The van der Waals surface area contributed by atoms with Crippen LogP contribution in [0.1, 0.15) is 37.6 Å². The highest BCUT2D eigenvalue weighted by Gasteiger charge is 2.21. The maximum Gasteiger partial charge on any atom is 0.314 e. The molecule has 1 atom stereocenters. The standard InChI is InChI=1S/C19H22N2O4/c1-4-15(19(24)25-5-2)12(3)20-21-18(23)16-10-13-8-6-7-9-14(13)11-17(16)22/h6-11,15,22H,4-5H2,1-3H3,(H,21,23)/b20-12-. The minimum atomic E-state index is -0.540. The molecule has 0 saturated carbocycles. The molecule has 6 nitrogen and oxygen atoms in total. The van der Waals surface area contributed by atoms with E-state index in [0.29, 0.717) is 18.7 Å². The number of phenols is 1. The smallest absolute Gasteiger partial charge is 0.314 e. The zero-order valence-electron chi connectivity index (χ0n) is 14.6. The van der Waals surface area contributed by atoms with Crippen LogP contribution in [0.25, 0.3) is 10.8 Å². The van der Waals surface area contributed by atoms with Crippen molar-refractivity contribution in [1.29, 1.82) is 0 Å². The fourth-order valence-electron chi connectivity index (χ4n) is 2.56. The number of aromatic hydroxyl groups is 1. The summed E-state index contributed by atoms with van der Waals surface area (Å²) in [4.78, 5) is 24.2. The topological polar surface area (TPSA) is 88.0 Å². The van der Waals surface area contributed by atoms with Crippen LogP contribution in [0.2, 0.25) is 0 Å². The summed E-state index contributed by atoms with van der Waals surface area (Å²) in [6.07, 6.45) is 0.519. The Morgan fingerprint density at radius 3 is 2.44 bits per heavy atom. The van der Waals surface area contributed by atoms with Gasteiger partial charge in [-0.25, -0.2) is 5.43 Å². The summed E-state index contributed by atoms with van der Waals surface area (Å²) in [6.45, 7) is 5.53. The zero-order valence-corrected chi connectivity index (χ0v) is 14.6. The van der Waals surface area contributed by atoms with E-state index in [2.05, 4.69) is 10.5 Å². The molecule has 2 rings (SSSR count). The van der Waals surface area contributed by atoms with Gasteiger partial charge in [0.2, 0.25) is 0 Å². The summed E-state index contributed by atoms with van der Waals surface area (Å²) in [5.74, 6) is -1.54. The van der Waals surface area contributed by atoms with Crippen molar-refractivity contribution in [2.75, 3.05) is 6.61 Å². The van der Waals surface area contributed by atoms with Gasteiger partial charge in [-0.05, 0) is 43.2 Å². The minimum absolute atomic E-state index is 0.124. The average molecular weight is 342 g/mol. The van der Waals surface area contributed by atoms with Gasteiger partial charge >= 0.3 is 5.97 Å². The van der Waals surface area contributed by atoms with Crippen LogP contribution in [-0.4, -0.2) is 29.3 Å². The number of carbonyl (C=O) groups excluding carboxylic acids is 2. The van der Waals surface area contributed by atoms with Crippen LogP contribution < -0.4 is 5.43 Å². The average Bonchev–Trinajstić information content (AvgIpc) is 2.60. The van der Waals surface area contributed by atoms with Crippen LogP contribution in [0.3, 0.4) is 0 Å². The van der Waals surface area contributed by atoms with Crippen molar-refractivity contribution in [2.45, 2.75) is 27.2 Å². The number of rotatable bonds is 6. The first-order chi connectivity index (χ1) is 12.0. The van der Waals surface area contributed by atoms with Crippen molar-refractivity contribution in [2.24, 2.45) is 11.0 Å². The third-order valence-electron chi connectivity index (χ3n) is 3.93. The predicted octanol–water partition coefficient (Wildman–Crippen LogP) is 3.24. The molecular formula is C19H22N2O4. The molecule has 2 aromatic rings. The van der Waals surface area contributed by atoms with Gasteiger partial charge in [0, 0.05) is 5.71 Å². The zero-order chi connectivity index (χ0) is 18.4. The molecule has 0 aliphatic heterocycles. The summed E-state index contributed by atoms with van der Waals surface area (Å²) in [7, 11) is 0. The third-order valence-corrected chi connectivity index (χ3v) is 3.93. The molecule has 0 heterocycles. The molecule has 0 aliphatic rings. The number of hydrogen-bond donors (Lipinski definition) is 2. The Bertz CT molecular complexity index is 814. The summed E-state index contributed by atoms with van der Waals surface area (Å²) < 4.78 is 5.00. The van der Waals surface area contributed by atoms with Crippen molar-refractivity contribution in [3.8, 4) is 5.75 Å². The molecule has 132 valence electrons. The van der Waals surface area contributed by atoms with Crippen LogP contribution in [0, 0.1) is 5.92 Å². The molecule has 0 aliphatic carbocycles. The molecule has 0 aromatic heterocycles. The van der Waals surface area contributed by atoms with Crippen LogP contribution in [0.15, 0.2) is 41.5 Å². The maximum absolute atomic E-state index is 12.3. The van der Waals surface area contributed by atoms with Gasteiger partial charge < -0.3 is 9.84 Å². The summed E-state index contributed by atoms with van der Waals surface area (Å²) >= 11 is 0. The number of nitrogens with one attached hydrogen (secondary N) is 1. The first-order valence-corrected chi connectivity index (χ1v) is 8.20. The van der Waals surface area contributed by atoms with E-state index in [1.807, 2.05) is 31.2 Å². The number of ether oxygens (including phenoxy) is 1. The van der Waals surface area contributed by atoms with E-state index in [4.69, 9.17) is 4.74 Å². The summed E-state index contributed by atoms with van der Waals surface area (Å²) in [5, 5.41) is 15.8. The first kappa shape index (κ1) is 18.4. The van der Waals surface area contributed by atoms with Gasteiger partial charge in [-0.15, -0.1) is 0 Å². The predicted molar refractivity (Wildman–Crippen MR) is 96.6 cm³/mol. The number of hydrogen-bond acceptors (Lipinski definition) is 5. The van der Waals surface area contributed by atoms with Gasteiger partial charge in [0.15, 0.2) is 0 Å². The van der Waals surface area contributed by atoms with Crippen molar-refractivity contribution in [3.63, 3.8) is 0 Å². The molecule has 0 fully saturated rings. The third kappa shape index (κ3) is 4.35. The molecule has 2 N–H and O–H groups in total. The lowest BCUT2D eigenvalue weighted by atomic mass is 10.0. The molecular weight excluding hydrogens is 320 g/mol. The Labute approximate surface area is 146 Å². The van der Waals surface area contributed by atoms with Crippen LogP contribution >= 0.6 is 0 Å². The van der Waals surface area contributed by atoms with Gasteiger partial charge in [-0.3, -0.25) is 9.59 Å². The quantitative estimate of drug-likeness (QED) is 0.479. The number of amides is 1. The Morgan fingerprint density at radius 2 is 1.84 bits per heavy atom. The SMILES string of the molecule is CCOC(=O)C(CC)/C(C)=N\NC(=O)c1cc2ccccc2cc1O. The molecule has 6 heteroatoms. The van der Waals surface area contributed by atoms with E-state index in [1.165, 1.54) is 6.07 Å². The minimum Gasteiger partial charge on any atom is -0.507 e. The highest BCUT2D eigenvalue weighted by Crippen LogP contribution is 2.24. The Morgan fingerprint density at radius 1 is 1.20 bits per heavy atom. The van der Waals surface area contributed by atoms with E-state index in [0.717, 1.165) is 10.8 Å². The number of nitrogens with zero attached hydrogens (tertiary/aromatic N) is 1. The number of benzene rings is 2. The lowest BCUT2D eigenvalue weighted by Crippen LogP contribution is -2.27. The summed E-state index contributed by atoms with van der Waals surface area (Å²) in [6, 6.07) is 10.6. The highest BCUT2D eigenvalue weighted by molar-refractivity contribution is 6.04. The van der Waals surface area contributed by atoms with Crippen molar-refractivity contribution >= 4 is 28.4 Å². The van der Waals surface area contributed by atoms with Crippen molar-refractivity contribution < 1.29 is 19.4 Å². The fraction of sp³-hybridized carbons (Fsp3) is 0.316. The normalized spacial score (nSPS) is 12.7. The van der Waals surface area contributed by atoms with Gasteiger partial charge in [-0.1, -0.05) is 31.2 Å². The molecule has 0 bridgehead atoms. The van der Waals surface area contributed by atoms with E-state index in [-0.39, 0.29) is 17.3 Å². The maximum atomic E-state index is 12.3. The molecule has 0 saturated heterocycles. The van der Waals surface area contributed by atoms with Crippen molar-refractivity contribution in [1.82, 2.24) is 5.43 Å². The Hall–Kier alpha value is -2.89. The molecule has 25 heavy (non-hydrogen) atoms. The van der Waals surface area contributed by atoms with Crippen LogP contribution in [0.5, 0.6) is 5.75 Å². The van der Waals surface area contributed by atoms with Gasteiger partial charge in [0.1, 0.15) is 5.75 Å². The van der Waals surface area contributed by atoms with Crippen LogP contribution in [0.4, 0.5) is 0 Å². The van der Waals surface area contributed by atoms with Gasteiger partial charge in [-0.2, -0.15) is 5.10 Å². The van der Waals surface area contributed by atoms with Crippen molar-refractivity contribution in [3.05, 3.63) is 42.0 Å². The highest BCUT2D eigenvalue weighted by atomic mass is 16.5. The van der Waals surface area contributed by atoms with Gasteiger partial charge in [0.05, 0.1) is 18.1 Å². The number of hydrazone groups is 1. The van der Waals surface area contributed by atoms with Gasteiger partial charge in [0.25, 0.3) is 5.91 Å². The van der Waals surface area contributed by atoms with E-state index in [9.17, 15) is 14.7 Å². The molecule has 1 amide bonds. The molecule has 1 unspecified atom stereocenters. The molecule has 2 aromatic carbocycles. The lowest BCUT2D eigenvalue weighted by Gasteiger charge is -2.13. The largest absolute Gasteiger partial charge is 0.507 e. The van der Waals surface area contributed by atoms with Crippen LogP contribution in [-0.2, 0) is 9.53 Å².